The van der Waals surface area contributed by atoms with Gasteiger partial charge in [-0.25, -0.2) is 9.07 Å². The third kappa shape index (κ3) is 4.37. The van der Waals surface area contributed by atoms with Crippen LogP contribution in [0.4, 0.5) is 4.39 Å². The molecule has 0 saturated carbocycles. The molecule has 5 rings (SSSR count). The first-order valence-corrected chi connectivity index (χ1v) is 11.8. The second-order valence-corrected chi connectivity index (χ2v) is 9.54. The highest BCUT2D eigenvalue weighted by atomic mass is 19.1. The molecule has 0 aliphatic carbocycles. The van der Waals surface area contributed by atoms with E-state index < -0.39 is 0 Å². The molecule has 8 heteroatoms. The zero-order valence-corrected chi connectivity index (χ0v) is 19.8. The maximum absolute atomic E-state index is 13.4. The Hall–Kier alpha value is -3.39. The van der Waals surface area contributed by atoms with E-state index in [1.807, 2.05) is 19.1 Å². The lowest BCUT2D eigenvalue weighted by Gasteiger charge is -2.36. The van der Waals surface area contributed by atoms with Crippen LogP contribution in [-0.4, -0.2) is 43.2 Å². The Morgan fingerprint density at radius 1 is 1.15 bits per heavy atom. The number of tetrazole rings is 1. The van der Waals surface area contributed by atoms with E-state index in [4.69, 9.17) is 0 Å². The molecule has 1 aliphatic rings. The maximum atomic E-state index is 13.4. The largest absolute Gasteiger partial charge is 0.322 e. The molecule has 2 atom stereocenters. The van der Waals surface area contributed by atoms with Crippen LogP contribution in [0.25, 0.3) is 10.9 Å². The number of fused-ring (bicyclic) bond motifs is 1. The van der Waals surface area contributed by atoms with Crippen molar-refractivity contribution in [3.05, 3.63) is 86.7 Å². The Morgan fingerprint density at radius 2 is 1.91 bits per heavy atom. The molecule has 3 heterocycles. The minimum absolute atomic E-state index is 0.129. The average molecular weight is 461 g/mol. The molecule has 1 aliphatic heterocycles. The Bertz CT molecular complexity index is 1380. The highest BCUT2D eigenvalue weighted by molar-refractivity contribution is 5.81. The first-order chi connectivity index (χ1) is 16.4. The summed E-state index contributed by atoms with van der Waals surface area (Å²) in [5.74, 6) is 0.850. The number of nitrogens with one attached hydrogen (secondary N) is 1. The van der Waals surface area contributed by atoms with Gasteiger partial charge in [-0.15, -0.1) is 5.10 Å². The van der Waals surface area contributed by atoms with Crippen LogP contribution in [0.1, 0.15) is 53.9 Å². The third-order valence-electron chi connectivity index (χ3n) is 6.89. The molecule has 7 nitrogen and oxygen atoms in total. The van der Waals surface area contributed by atoms with Gasteiger partial charge in [0.05, 0.1) is 6.54 Å². The molecule has 2 aromatic carbocycles. The number of likely N-dealkylation sites (tertiary alicyclic amines) is 1. The van der Waals surface area contributed by atoms with Gasteiger partial charge in [-0.2, -0.15) is 0 Å². The SMILES string of the molecule is Cc1cc2cc(C(c3nnnn3Cc3ccc(F)cc3)N3CCCC(C)C3)c(=O)[nH]c2cc1C. The molecule has 2 unspecified atom stereocenters. The second-order valence-electron chi connectivity index (χ2n) is 9.54. The van der Waals surface area contributed by atoms with Crippen molar-refractivity contribution in [2.45, 2.75) is 46.2 Å². The van der Waals surface area contributed by atoms with Gasteiger partial charge in [0.25, 0.3) is 5.56 Å². The number of aromatic nitrogens is 5. The summed E-state index contributed by atoms with van der Waals surface area (Å²) < 4.78 is 15.1. The smallest absolute Gasteiger partial charge is 0.253 e. The van der Waals surface area contributed by atoms with E-state index in [1.54, 1.807) is 16.8 Å². The first-order valence-electron chi connectivity index (χ1n) is 11.8. The number of H-pyrrole nitrogens is 1. The number of pyridine rings is 1. The van der Waals surface area contributed by atoms with Crippen LogP contribution >= 0.6 is 0 Å². The van der Waals surface area contributed by atoms with E-state index in [1.165, 1.54) is 17.7 Å². The van der Waals surface area contributed by atoms with Gasteiger partial charge < -0.3 is 4.98 Å². The molecule has 0 bridgehead atoms. The fourth-order valence-corrected chi connectivity index (χ4v) is 4.94. The van der Waals surface area contributed by atoms with E-state index >= 15 is 0 Å². The third-order valence-corrected chi connectivity index (χ3v) is 6.89. The van der Waals surface area contributed by atoms with E-state index in [9.17, 15) is 9.18 Å². The zero-order valence-electron chi connectivity index (χ0n) is 19.8. The summed E-state index contributed by atoms with van der Waals surface area (Å²) in [7, 11) is 0. The van der Waals surface area contributed by atoms with Crippen LogP contribution in [0.5, 0.6) is 0 Å². The Kier molecular flexibility index (Phi) is 6.00. The molecular formula is C26H29FN6O. The number of nitrogens with zero attached hydrogens (tertiary/aromatic N) is 5. The highest BCUT2D eigenvalue weighted by Gasteiger charge is 2.32. The summed E-state index contributed by atoms with van der Waals surface area (Å²) >= 11 is 0. The van der Waals surface area contributed by atoms with Crippen LogP contribution in [-0.2, 0) is 6.54 Å². The van der Waals surface area contributed by atoms with E-state index in [0.29, 0.717) is 23.9 Å². The topological polar surface area (TPSA) is 79.7 Å². The molecule has 176 valence electrons. The molecule has 0 amide bonds. The standard InChI is InChI=1S/C26H29FN6O/c1-16-5-4-10-32(14-16)24(22-13-20-11-17(2)18(3)12-23(20)28-26(22)34)25-29-30-31-33(25)15-19-6-8-21(27)9-7-19/h6-9,11-13,16,24H,4-5,10,14-15H2,1-3H3,(H,28,34). The van der Waals surface area contributed by atoms with Crippen LogP contribution in [0, 0.1) is 25.6 Å². The highest BCUT2D eigenvalue weighted by Crippen LogP contribution is 2.31. The van der Waals surface area contributed by atoms with E-state index in [0.717, 1.165) is 48.0 Å². The maximum Gasteiger partial charge on any atom is 0.253 e. The number of piperidine rings is 1. The van der Waals surface area contributed by atoms with Crippen LogP contribution in [0.2, 0.25) is 0 Å². The molecule has 0 spiro atoms. The van der Waals surface area contributed by atoms with Crippen molar-refractivity contribution in [2.75, 3.05) is 13.1 Å². The monoisotopic (exact) mass is 460 g/mol. The number of hydrogen-bond donors (Lipinski definition) is 1. The lowest BCUT2D eigenvalue weighted by molar-refractivity contribution is 0.141. The van der Waals surface area contributed by atoms with Crippen LogP contribution in [0.3, 0.4) is 0 Å². The van der Waals surface area contributed by atoms with Gasteiger partial charge in [-0.05, 0) is 102 Å². The van der Waals surface area contributed by atoms with Crippen molar-refractivity contribution in [3.8, 4) is 0 Å². The number of halogens is 1. The van der Waals surface area contributed by atoms with Gasteiger partial charge in [-0.3, -0.25) is 9.69 Å². The summed E-state index contributed by atoms with van der Waals surface area (Å²) in [6.07, 6.45) is 2.22. The number of aryl methyl sites for hydroxylation is 2. The lowest BCUT2D eigenvalue weighted by atomic mass is 9.95. The van der Waals surface area contributed by atoms with Gasteiger partial charge in [0.15, 0.2) is 5.82 Å². The minimum atomic E-state index is -0.382. The van der Waals surface area contributed by atoms with Crippen molar-refractivity contribution in [1.82, 2.24) is 30.1 Å². The van der Waals surface area contributed by atoms with Gasteiger partial charge in [0.1, 0.15) is 11.9 Å². The quantitative estimate of drug-likeness (QED) is 0.484. The number of benzene rings is 2. The average Bonchev–Trinajstić information content (AvgIpc) is 3.25. The normalized spacial score (nSPS) is 17.8. The van der Waals surface area contributed by atoms with Gasteiger partial charge in [0.2, 0.25) is 0 Å². The van der Waals surface area contributed by atoms with Crippen molar-refractivity contribution in [2.24, 2.45) is 5.92 Å². The number of aromatic amines is 1. The predicted octanol–water partition coefficient (Wildman–Crippen LogP) is 4.14. The molecule has 1 saturated heterocycles. The zero-order chi connectivity index (χ0) is 23.8. The molecule has 1 fully saturated rings. The van der Waals surface area contributed by atoms with Crippen molar-refractivity contribution >= 4 is 10.9 Å². The summed E-state index contributed by atoms with van der Waals surface area (Å²) in [5.41, 5.74) is 4.54. The second kappa shape index (κ2) is 9.10. The Morgan fingerprint density at radius 3 is 2.68 bits per heavy atom. The molecule has 34 heavy (non-hydrogen) atoms. The van der Waals surface area contributed by atoms with Gasteiger partial charge in [0, 0.05) is 17.6 Å². The van der Waals surface area contributed by atoms with Crippen molar-refractivity contribution < 1.29 is 4.39 Å². The summed E-state index contributed by atoms with van der Waals surface area (Å²) in [4.78, 5) is 18.8. The molecule has 4 aromatic rings. The lowest BCUT2D eigenvalue weighted by Crippen LogP contribution is -2.41. The number of rotatable bonds is 5. The molecule has 2 aromatic heterocycles. The Balaban J connectivity index is 1.62. The van der Waals surface area contributed by atoms with E-state index in [-0.39, 0.29) is 17.4 Å². The van der Waals surface area contributed by atoms with Gasteiger partial charge in [-0.1, -0.05) is 19.1 Å². The van der Waals surface area contributed by atoms with Gasteiger partial charge >= 0.3 is 0 Å². The predicted molar refractivity (Wildman–Crippen MR) is 129 cm³/mol. The first kappa shape index (κ1) is 22.4. The Labute approximate surface area is 197 Å². The summed E-state index contributed by atoms with van der Waals surface area (Å²) in [6, 6.07) is 12.1. The summed E-state index contributed by atoms with van der Waals surface area (Å²) in [5, 5.41) is 13.6. The van der Waals surface area contributed by atoms with E-state index in [2.05, 4.69) is 45.3 Å². The fraction of sp³-hybridized carbons (Fsp3) is 0.385. The van der Waals surface area contributed by atoms with Crippen LogP contribution in [0.15, 0.2) is 47.3 Å². The molecular weight excluding hydrogens is 431 g/mol. The molecule has 0 radical (unpaired) electrons. The van der Waals surface area contributed by atoms with Crippen LogP contribution < -0.4 is 5.56 Å². The van der Waals surface area contributed by atoms with Crippen molar-refractivity contribution in [3.63, 3.8) is 0 Å². The van der Waals surface area contributed by atoms with Crippen molar-refractivity contribution in [1.29, 1.82) is 0 Å². The summed E-state index contributed by atoms with van der Waals surface area (Å²) in [6.45, 7) is 8.48. The fourth-order valence-electron chi connectivity index (χ4n) is 4.94. The number of hydrogen-bond acceptors (Lipinski definition) is 5. The molecule has 1 N–H and O–H groups in total. The minimum Gasteiger partial charge on any atom is -0.322 e.